The van der Waals surface area contributed by atoms with Crippen molar-refractivity contribution in [1.29, 1.82) is 0 Å². The summed E-state index contributed by atoms with van der Waals surface area (Å²) in [4.78, 5) is 0. The van der Waals surface area contributed by atoms with Crippen molar-refractivity contribution in [2.45, 2.75) is 248 Å². The summed E-state index contributed by atoms with van der Waals surface area (Å²) in [6.45, 7) is 23.7. The van der Waals surface area contributed by atoms with Crippen LogP contribution in [-0.2, 0) is 12.8 Å². The molecule has 2 aromatic rings. The number of unbranched alkanes of at least 4 members (excludes halogenated alkanes) is 22. The van der Waals surface area contributed by atoms with Crippen LogP contribution in [0.1, 0.15) is 244 Å². The zero-order valence-electron chi connectivity index (χ0n) is 40.8. The van der Waals surface area contributed by atoms with Crippen molar-refractivity contribution in [3.63, 3.8) is 0 Å². The van der Waals surface area contributed by atoms with Crippen molar-refractivity contribution in [2.75, 3.05) is 26.2 Å². The fraction of sp³-hybridized carbons (Fsp3) is 0.778. The molecule has 0 atom stereocenters. The zero-order chi connectivity index (χ0) is 43.2. The van der Waals surface area contributed by atoms with Gasteiger partial charge in [-0.15, -0.1) is 0 Å². The Balaban J connectivity index is 0.000000604. The number of hydrogen-bond acceptors (Lipinski definition) is 3. The van der Waals surface area contributed by atoms with Gasteiger partial charge in [-0.2, -0.15) is 0 Å². The molecular formula is C54H98BNO3. The third-order valence-electron chi connectivity index (χ3n) is 12.4. The van der Waals surface area contributed by atoms with Crippen LogP contribution in [0.3, 0.4) is 0 Å². The fourth-order valence-corrected chi connectivity index (χ4v) is 8.58. The Morgan fingerprint density at radius 3 is 0.949 bits per heavy atom. The third kappa shape index (κ3) is 28.3. The maximum Gasteiger partial charge on any atom is 0.492 e. The summed E-state index contributed by atoms with van der Waals surface area (Å²) in [6.07, 6.45) is 40.9. The first-order valence-electron chi connectivity index (χ1n) is 25.8. The Labute approximate surface area is 369 Å². The van der Waals surface area contributed by atoms with Gasteiger partial charge >= 0.3 is 7.32 Å². The number of rotatable bonds is 38. The van der Waals surface area contributed by atoms with E-state index >= 15 is 0 Å². The van der Waals surface area contributed by atoms with Crippen molar-refractivity contribution < 1.29 is 18.8 Å². The van der Waals surface area contributed by atoms with Gasteiger partial charge in [0, 0.05) is 0 Å². The van der Waals surface area contributed by atoms with Crippen molar-refractivity contribution in [1.82, 2.24) is 0 Å². The lowest BCUT2D eigenvalue weighted by Gasteiger charge is -2.40. The largest absolute Gasteiger partial charge is 0.808 e. The van der Waals surface area contributed by atoms with E-state index in [4.69, 9.17) is 9.31 Å². The Morgan fingerprint density at radius 1 is 0.390 bits per heavy atom. The standard InChI is InChI=1S/C32H68N.C22H30BO3/c1-5-9-13-17-21-25-29-33(30-26-22-18-14-10-6-2,31-27-23-19-15-11-7-3)32-28-24-20-16-12-8-4;1-5-7-9-19-15-17(3)11-13-21(19)25-23(24)26-22-14-12-18(4)16-20(22)10-8-6-2/h5-32H2,1-4H3;11-16H,5-10H2,1-4H3/q+1;-1. The van der Waals surface area contributed by atoms with E-state index in [9.17, 15) is 5.02 Å². The van der Waals surface area contributed by atoms with E-state index in [1.54, 1.807) is 0 Å². The maximum absolute atomic E-state index is 12.4. The van der Waals surface area contributed by atoms with Crippen molar-refractivity contribution in [3.8, 4) is 11.5 Å². The van der Waals surface area contributed by atoms with E-state index in [1.807, 2.05) is 24.3 Å². The quantitative estimate of drug-likeness (QED) is 0.0385. The Morgan fingerprint density at radius 2 is 0.661 bits per heavy atom. The summed E-state index contributed by atoms with van der Waals surface area (Å²) in [5.41, 5.74) is 4.50. The van der Waals surface area contributed by atoms with Gasteiger partial charge in [-0.05, 0) is 114 Å². The highest BCUT2D eigenvalue weighted by Gasteiger charge is 2.26. The summed E-state index contributed by atoms with van der Waals surface area (Å²) in [5.74, 6) is 1.26. The molecule has 0 saturated carbocycles. The smallest absolute Gasteiger partial charge is 0.492 e. The molecule has 59 heavy (non-hydrogen) atoms. The topological polar surface area (TPSA) is 41.5 Å². The molecule has 2 aromatic carbocycles. The predicted molar refractivity (Wildman–Crippen MR) is 260 cm³/mol. The summed E-state index contributed by atoms with van der Waals surface area (Å²) in [7, 11) is -1.57. The highest BCUT2D eigenvalue weighted by molar-refractivity contribution is 6.34. The van der Waals surface area contributed by atoms with Gasteiger partial charge in [0.2, 0.25) is 0 Å². The van der Waals surface area contributed by atoms with Crippen LogP contribution in [0.5, 0.6) is 11.5 Å². The molecule has 0 aliphatic heterocycles. The molecule has 0 aliphatic rings. The first kappa shape index (κ1) is 55.0. The van der Waals surface area contributed by atoms with Gasteiger partial charge in [0.05, 0.1) is 26.2 Å². The van der Waals surface area contributed by atoms with Crippen LogP contribution in [0.2, 0.25) is 0 Å². The molecule has 5 heteroatoms. The molecule has 0 spiro atoms. The highest BCUT2D eigenvalue weighted by Crippen LogP contribution is 2.26. The third-order valence-corrected chi connectivity index (χ3v) is 12.4. The van der Waals surface area contributed by atoms with Gasteiger partial charge in [-0.3, -0.25) is 0 Å². The lowest BCUT2D eigenvalue weighted by atomic mass is 10.0. The van der Waals surface area contributed by atoms with Crippen molar-refractivity contribution >= 4 is 7.32 Å². The summed E-state index contributed by atoms with van der Waals surface area (Å²) in [5, 5.41) is 12.4. The zero-order valence-corrected chi connectivity index (χ0v) is 40.8. The Bertz CT molecular complexity index is 1110. The minimum atomic E-state index is -1.57. The van der Waals surface area contributed by atoms with Crippen LogP contribution < -0.4 is 14.3 Å². The monoisotopic (exact) mass is 820 g/mol. The van der Waals surface area contributed by atoms with E-state index in [-0.39, 0.29) is 0 Å². The molecule has 0 N–H and O–H groups in total. The van der Waals surface area contributed by atoms with E-state index in [0.717, 1.165) is 49.7 Å². The molecule has 0 saturated heterocycles. The van der Waals surface area contributed by atoms with Gasteiger partial charge in [0.1, 0.15) is 11.5 Å². The molecular weight excluding hydrogens is 721 g/mol. The molecule has 0 radical (unpaired) electrons. The van der Waals surface area contributed by atoms with E-state index < -0.39 is 7.32 Å². The highest BCUT2D eigenvalue weighted by atomic mass is 16.7. The van der Waals surface area contributed by atoms with Crippen molar-refractivity contribution in [2.24, 2.45) is 0 Å². The van der Waals surface area contributed by atoms with Gasteiger partial charge in [0.15, 0.2) is 0 Å². The number of quaternary nitrogens is 1. The van der Waals surface area contributed by atoms with E-state index in [1.165, 1.54) is 196 Å². The minimum Gasteiger partial charge on any atom is -0.808 e. The maximum atomic E-state index is 12.4. The number of aryl methyl sites for hydroxylation is 4. The molecule has 0 aromatic heterocycles. The molecule has 0 amide bonds. The lowest BCUT2D eigenvalue weighted by molar-refractivity contribution is -0.929. The molecule has 2 rings (SSSR count). The molecule has 0 bridgehead atoms. The summed E-state index contributed by atoms with van der Waals surface area (Å²) >= 11 is 0. The molecule has 4 nitrogen and oxygen atoms in total. The van der Waals surface area contributed by atoms with E-state index in [2.05, 4.69) is 67.5 Å². The first-order chi connectivity index (χ1) is 28.8. The number of nitrogens with zero attached hydrogens (tertiary/aromatic N) is 1. The Hall–Kier alpha value is -1.98. The van der Waals surface area contributed by atoms with Crippen LogP contribution >= 0.6 is 0 Å². The molecule has 0 aliphatic carbocycles. The van der Waals surface area contributed by atoms with Gasteiger partial charge in [-0.1, -0.05) is 193 Å². The second-order valence-electron chi connectivity index (χ2n) is 18.3. The predicted octanol–water partition coefficient (Wildman–Crippen LogP) is 16.0. The average molecular weight is 820 g/mol. The second kappa shape index (κ2) is 37.8. The first-order valence-corrected chi connectivity index (χ1v) is 25.8. The summed E-state index contributed by atoms with van der Waals surface area (Å²) in [6, 6.07) is 11.9. The summed E-state index contributed by atoms with van der Waals surface area (Å²) < 4.78 is 12.7. The number of hydrogen-bond donors (Lipinski definition) is 0. The van der Waals surface area contributed by atoms with Crippen LogP contribution in [0.25, 0.3) is 0 Å². The van der Waals surface area contributed by atoms with Crippen LogP contribution in [-0.4, -0.2) is 38.0 Å². The van der Waals surface area contributed by atoms with Crippen LogP contribution in [0.15, 0.2) is 36.4 Å². The molecule has 0 unspecified atom stereocenters. The van der Waals surface area contributed by atoms with Crippen LogP contribution in [0.4, 0.5) is 0 Å². The van der Waals surface area contributed by atoms with Crippen molar-refractivity contribution in [3.05, 3.63) is 58.7 Å². The minimum absolute atomic E-state index is 0.631. The SMILES string of the molecule is CCCCCCCC[N+](CCCCCCCC)(CCCCCCCC)CCCCCCCC.CCCCc1cc(C)ccc1OB([O-])Oc1ccc(C)cc1CCCC. The second-order valence-corrected chi connectivity index (χ2v) is 18.3. The molecule has 340 valence electrons. The lowest BCUT2D eigenvalue weighted by Crippen LogP contribution is -2.50. The molecule has 0 fully saturated rings. The number of benzene rings is 2. The molecule has 0 heterocycles. The normalized spacial score (nSPS) is 11.4. The van der Waals surface area contributed by atoms with Gasteiger partial charge in [-0.25, -0.2) is 0 Å². The van der Waals surface area contributed by atoms with Crippen LogP contribution in [0, 0.1) is 13.8 Å². The average Bonchev–Trinajstić information content (AvgIpc) is 3.23. The fourth-order valence-electron chi connectivity index (χ4n) is 8.58. The van der Waals surface area contributed by atoms with Gasteiger partial charge in [0.25, 0.3) is 0 Å². The Kier molecular flexibility index (Phi) is 35.2. The van der Waals surface area contributed by atoms with E-state index in [0.29, 0.717) is 11.5 Å². The van der Waals surface area contributed by atoms with Gasteiger partial charge < -0.3 is 18.8 Å².